The van der Waals surface area contributed by atoms with Crippen LogP contribution in [-0.2, 0) is 19.9 Å². The van der Waals surface area contributed by atoms with Crippen LogP contribution in [0.1, 0.15) is 55.3 Å². The lowest BCUT2D eigenvalue weighted by atomic mass is 9.53. The van der Waals surface area contributed by atoms with Crippen LogP contribution in [0.3, 0.4) is 0 Å². The van der Waals surface area contributed by atoms with Crippen molar-refractivity contribution >= 4 is 25.8 Å². The molecule has 0 unspecified atom stereocenters. The van der Waals surface area contributed by atoms with E-state index >= 15 is 0 Å². The van der Waals surface area contributed by atoms with Crippen molar-refractivity contribution in [3.63, 3.8) is 0 Å². The summed E-state index contributed by atoms with van der Waals surface area (Å²) in [6, 6.07) is 5.41. The molecule has 7 nitrogen and oxygen atoms in total. The zero-order valence-electron chi connectivity index (χ0n) is 16.8. The predicted molar refractivity (Wildman–Crippen MR) is 112 cm³/mol. The van der Waals surface area contributed by atoms with Gasteiger partial charge >= 0.3 is 0 Å². The van der Waals surface area contributed by atoms with Gasteiger partial charge in [-0.05, 0) is 80.9 Å². The third kappa shape index (κ3) is 3.91. The van der Waals surface area contributed by atoms with Crippen LogP contribution in [0, 0.1) is 17.8 Å². The second-order valence-corrected chi connectivity index (χ2v) is 13.8. The van der Waals surface area contributed by atoms with Crippen LogP contribution in [0.4, 0.5) is 0 Å². The fraction of sp³-hybridized carbons (Fsp3) is 0.667. The van der Waals surface area contributed by atoms with Crippen molar-refractivity contribution in [2.24, 2.45) is 17.8 Å². The Kier molecular flexibility index (Phi) is 4.79. The van der Waals surface area contributed by atoms with E-state index in [1.165, 1.54) is 31.4 Å². The highest BCUT2D eigenvalue weighted by molar-refractivity contribution is 7.92. The molecular formula is C21H28N2O5S2. The molecule has 164 valence electrons. The van der Waals surface area contributed by atoms with Gasteiger partial charge in [0.2, 0.25) is 10.0 Å². The summed E-state index contributed by atoms with van der Waals surface area (Å²) in [5, 5.41) is 3.27. The van der Waals surface area contributed by atoms with Gasteiger partial charge in [0.15, 0.2) is 9.84 Å². The van der Waals surface area contributed by atoms with E-state index in [0.717, 1.165) is 19.3 Å². The number of benzene rings is 1. The summed E-state index contributed by atoms with van der Waals surface area (Å²) in [6.07, 6.45) is 7.21. The highest BCUT2D eigenvalue weighted by Gasteiger charge is 2.51. The van der Waals surface area contributed by atoms with Crippen molar-refractivity contribution in [2.45, 2.75) is 61.4 Å². The van der Waals surface area contributed by atoms with E-state index in [4.69, 9.17) is 0 Å². The Morgan fingerprint density at radius 1 is 1.03 bits per heavy atom. The van der Waals surface area contributed by atoms with Gasteiger partial charge < -0.3 is 5.32 Å². The average Bonchev–Trinajstić information content (AvgIpc) is 2.98. The summed E-state index contributed by atoms with van der Waals surface area (Å²) >= 11 is 0. The molecule has 0 aromatic heterocycles. The van der Waals surface area contributed by atoms with E-state index < -0.39 is 25.9 Å². The first-order valence-electron chi connectivity index (χ1n) is 10.8. The Labute approximate surface area is 178 Å². The first kappa shape index (κ1) is 20.5. The molecule has 0 radical (unpaired) electrons. The summed E-state index contributed by atoms with van der Waals surface area (Å²) in [5.41, 5.74) is 0.185. The number of hydrogen-bond donors (Lipinski definition) is 2. The van der Waals surface area contributed by atoms with Crippen molar-refractivity contribution in [1.82, 2.24) is 10.0 Å². The maximum atomic E-state index is 13.0. The Hall–Kier alpha value is -1.45. The highest BCUT2D eigenvalue weighted by atomic mass is 32.2. The van der Waals surface area contributed by atoms with Gasteiger partial charge in [-0.25, -0.2) is 21.6 Å². The molecule has 6 rings (SSSR count). The van der Waals surface area contributed by atoms with Crippen LogP contribution in [-0.4, -0.2) is 45.8 Å². The SMILES string of the molecule is O=C(NC12CC3CC(CC(C3)C1)C2)c1cccc(S(=O)(=O)N[C@H]2CCS(=O)(=O)C2)c1. The van der Waals surface area contributed by atoms with Gasteiger partial charge in [-0.3, -0.25) is 4.79 Å². The monoisotopic (exact) mass is 452 g/mol. The number of sulfonamides is 1. The molecule has 1 aromatic rings. The number of rotatable bonds is 5. The molecule has 1 amide bonds. The molecule has 4 saturated carbocycles. The van der Waals surface area contributed by atoms with E-state index in [1.54, 1.807) is 12.1 Å². The van der Waals surface area contributed by atoms with Crippen molar-refractivity contribution in [2.75, 3.05) is 11.5 Å². The fourth-order valence-corrected chi connectivity index (χ4v) is 9.65. The molecule has 4 aliphatic carbocycles. The highest BCUT2D eigenvalue weighted by Crippen LogP contribution is 2.55. The van der Waals surface area contributed by atoms with E-state index in [9.17, 15) is 21.6 Å². The second-order valence-electron chi connectivity index (χ2n) is 9.90. The molecule has 1 atom stereocenters. The van der Waals surface area contributed by atoms with E-state index in [-0.39, 0.29) is 34.3 Å². The molecule has 4 bridgehead atoms. The first-order chi connectivity index (χ1) is 14.1. The van der Waals surface area contributed by atoms with E-state index in [2.05, 4.69) is 10.0 Å². The molecule has 1 aromatic carbocycles. The lowest BCUT2D eigenvalue weighted by molar-refractivity contribution is -0.0167. The largest absolute Gasteiger partial charge is 0.347 e. The minimum atomic E-state index is -3.90. The molecule has 0 spiro atoms. The maximum Gasteiger partial charge on any atom is 0.251 e. The standard InChI is InChI=1S/C21H28N2O5S2/c24-20(22-21-10-14-6-15(11-21)8-16(7-14)12-21)17-2-1-3-19(9-17)30(27,28)23-18-4-5-29(25,26)13-18/h1-3,9,14-16,18,23H,4-8,10-13H2,(H,22,24)/t14?,15?,16?,18-,21?/m0/s1. The lowest BCUT2D eigenvalue weighted by Crippen LogP contribution is -2.59. The summed E-state index contributed by atoms with van der Waals surface area (Å²) < 4.78 is 51.2. The van der Waals surface area contributed by atoms with Crippen molar-refractivity contribution in [3.05, 3.63) is 29.8 Å². The van der Waals surface area contributed by atoms with E-state index in [1.807, 2.05) is 0 Å². The van der Waals surface area contributed by atoms with Gasteiger partial charge in [0.05, 0.1) is 16.4 Å². The van der Waals surface area contributed by atoms with Gasteiger partial charge in [0.1, 0.15) is 0 Å². The molecule has 9 heteroatoms. The van der Waals surface area contributed by atoms with Gasteiger partial charge in [0.25, 0.3) is 5.91 Å². The number of hydrogen-bond acceptors (Lipinski definition) is 5. The van der Waals surface area contributed by atoms with E-state index in [0.29, 0.717) is 23.3 Å². The second kappa shape index (κ2) is 7.03. The third-order valence-corrected chi connectivity index (χ3v) is 10.7. The molecule has 1 aliphatic heterocycles. The number of amides is 1. The van der Waals surface area contributed by atoms with Gasteiger partial charge in [-0.2, -0.15) is 0 Å². The lowest BCUT2D eigenvalue weighted by Gasteiger charge is -2.56. The van der Waals surface area contributed by atoms with Gasteiger partial charge in [-0.15, -0.1) is 0 Å². The molecule has 1 heterocycles. The smallest absolute Gasteiger partial charge is 0.251 e. The number of sulfone groups is 1. The Morgan fingerprint density at radius 2 is 1.67 bits per heavy atom. The number of nitrogens with one attached hydrogen (secondary N) is 2. The minimum absolute atomic E-state index is 0.00625. The van der Waals surface area contributed by atoms with Crippen molar-refractivity contribution in [3.8, 4) is 0 Å². The molecule has 30 heavy (non-hydrogen) atoms. The third-order valence-electron chi connectivity index (χ3n) is 7.38. The molecule has 5 fully saturated rings. The van der Waals surface area contributed by atoms with Crippen LogP contribution in [0.15, 0.2) is 29.2 Å². The Morgan fingerprint density at radius 3 is 2.23 bits per heavy atom. The average molecular weight is 453 g/mol. The topological polar surface area (TPSA) is 109 Å². The zero-order chi connectivity index (χ0) is 21.1. The Balaban J connectivity index is 1.32. The predicted octanol–water partition coefficient (Wildman–Crippen LogP) is 1.85. The summed E-state index contributed by atoms with van der Waals surface area (Å²) in [6.45, 7) is 0. The van der Waals surface area contributed by atoms with Gasteiger partial charge in [-0.1, -0.05) is 6.07 Å². The quantitative estimate of drug-likeness (QED) is 0.709. The molecule has 5 aliphatic rings. The zero-order valence-corrected chi connectivity index (χ0v) is 18.5. The Bertz CT molecular complexity index is 1050. The van der Waals surface area contributed by atoms with Crippen LogP contribution in [0.5, 0.6) is 0 Å². The van der Waals surface area contributed by atoms with Crippen LogP contribution >= 0.6 is 0 Å². The number of carbonyl (C=O) groups is 1. The first-order valence-corrected chi connectivity index (χ1v) is 14.1. The fourth-order valence-electron chi connectivity index (χ4n) is 6.56. The van der Waals surface area contributed by atoms with Crippen molar-refractivity contribution < 1.29 is 21.6 Å². The normalized spacial score (nSPS) is 36.7. The summed E-state index contributed by atoms with van der Waals surface area (Å²) in [7, 11) is -7.09. The van der Waals surface area contributed by atoms with Crippen LogP contribution < -0.4 is 10.0 Å². The van der Waals surface area contributed by atoms with Crippen molar-refractivity contribution in [1.29, 1.82) is 0 Å². The molecular weight excluding hydrogens is 424 g/mol. The maximum absolute atomic E-state index is 13.0. The summed E-state index contributed by atoms with van der Waals surface area (Å²) in [4.78, 5) is 13.0. The number of carbonyl (C=O) groups excluding carboxylic acids is 1. The molecule has 1 saturated heterocycles. The minimum Gasteiger partial charge on any atom is -0.347 e. The van der Waals surface area contributed by atoms with Gasteiger partial charge in [0, 0.05) is 17.1 Å². The molecule has 2 N–H and O–H groups in total. The summed E-state index contributed by atoms with van der Waals surface area (Å²) in [5.74, 6) is 1.70. The van der Waals surface area contributed by atoms with Crippen LogP contribution in [0.25, 0.3) is 0 Å². The van der Waals surface area contributed by atoms with Crippen LogP contribution in [0.2, 0.25) is 0 Å².